The molecule has 0 aromatic heterocycles. The number of hydrogen-bond donors (Lipinski definition) is 0. The third-order valence-electron chi connectivity index (χ3n) is 1.57. The van der Waals surface area contributed by atoms with Gasteiger partial charge >= 0.3 is 0 Å². The molecule has 0 aromatic carbocycles. The van der Waals surface area contributed by atoms with Crippen molar-refractivity contribution in [1.82, 2.24) is 0 Å². The predicted molar refractivity (Wildman–Crippen MR) is 52.4 cm³/mol. The Labute approximate surface area is 81.4 Å². The molecular weight excluding hydrogens is 168 g/mol. The van der Waals surface area contributed by atoms with Gasteiger partial charge < -0.3 is 14.2 Å². The molecule has 3 heteroatoms. The molecule has 0 fully saturated rings. The number of ether oxygens (including phenoxy) is 3. The summed E-state index contributed by atoms with van der Waals surface area (Å²) in [5.74, 6) is 0. The highest BCUT2D eigenvalue weighted by Crippen LogP contribution is 2.05. The highest BCUT2D eigenvalue weighted by Gasteiger charge is 2.10. The molecule has 0 saturated carbocycles. The van der Waals surface area contributed by atoms with Crippen LogP contribution in [-0.4, -0.2) is 32.7 Å². The topological polar surface area (TPSA) is 27.7 Å². The Hall–Kier alpha value is -0.120. The Bertz CT molecular complexity index is 106. The van der Waals surface area contributed by atoms with Crippen LogP contribution in [0.25, 0.3) is 0 Å². The molecule has 0 saturated heterocycles. The molecule has 0 heterocycles. The molecule has 1 radical (unpaired) electrons. The van der Waals surface area contributed by atoms with Gasteiger partial charge in [-0.3, -0.25) is 0 Å². The highest BCUT2D eigenvalue weighted by atomic mass is 16.7. The van der Waals surface area contributed by atoms with Gasteiger partial charge in [0.1, 0.15) is 0 Å². The molecule has 3 nitrogen and oxygen atoms in total. The summed E-state index contributed by atoms with van der Waals surface area (Å²) in [5.41, 5.74) is 0. The lowest BCUT2D eigenvalue weighted by atomic mass is 10.4. The van der Waals surface area contributed by atoms with E-state index in [2.05, 4.69) is 0 Å². The van der Waals surface area contributed by atoms with Crippen molar-refractivity contribution < 1.29 is 14.2 Å². The summed E-state index contributed by atoms with van der Waals surface area (Å²) in [7, 11) is 1.67. The van der Waals surface area contributed by atoms with Gasteiger partial charge in [-0.1, -0.05) is 13.8 Å². The third-order valence-corrected chi connectivity index (χ3v) is 1.57. The van der Waals surface area contributed by atoms with E-state index in [1.807, 2.05) is 27.2 Å². The number of methoxy groups -OCH3 is 1. The Balaban J connectivity index is 3.56. The molecule has 0 aliphatic rings. The van der Waals surface area contributed by atoms with Crippen molar-refractivity contribution in [3.05, 3.63) is 6.42 Å². The Kier molecular flexibility index (Phi) is 8.40. The molecule has 0 bridgehead atoms. The van der Waals surface area contributed by atoms with E-state index in [0.717, 1.165) is 6.42 Å². The maximum absolute atomic E-state index is 5.57. The molecule has 0 aliphatic heterocycles. The monoisotopic (exact) mass is 189 g/mol. The van der Waals surface area contributed by atoms with Gasteiger partial charge in [-0.05, 0) is 19.8 Å². The third kappa shape index (κ3) is 6.99. The summed E-state index contributed by atoms with van der Waals surface area (Å²) in [5, 5.41) is 0. The maximum Gasteiger partial charge on any atom is 0.157 e. The van der Waals surface area contributed by atoms with Crippen LogP contribution in [0.1, 0.15) is 27.2 Å². The average molecular weight is 189 g/mol. The maximum atomic E-state index is 5.57. The van der Waals surface area contributed by atoms with Gasteiger partial charge in [-0.15, -0.1) is 0 Å². The van der Waals surface area contributed by atoms with E-state index in [4.69, 9.17) is 14.2 Å². The normalized spacial score (nSPS) is 15.7. The van der Waals surface area contributed by atoms with Crippen molar-refractivity contribution in [2.45, 2.75) is 39.6 Å². The number of hydrogen-bond acceptors (Lipinski definition) is 3. The Morgan fingerprint density at radius 1 is 1.38 bits per heavy atom. The van der Waals surface area contributed by atoms with Crippen LogP contribution in [0.2, 0.25) is 0 Å². The highest BCUT2D eigenvalue weighted by molar-refractivity contribution is 4.55. The zero-order valence-corrected chi connectivity index (χ0v) is 9.08. The van der Waals surface area contributed by atoms with Gasteiger partial charge in [0.25, 0.3) is 0 Å². The standard InChI is InChI=1S/C10H21O3/c1-5-7-12-10(6-2)13-9(3)8-11-4/h5,9-10H,6-8H2,1-4H3. The summed E-state index contributed by atoms with van der Waals surface area (Å²) in [6, 6.07) is 0. The van der Waals surface area contributed by atoms with Gasteiger partial charge in [0.15, 0.2) is 6.29 Å². The molecule has 0 rings (SSSR count). The van der Waals surface area contributed by atoms with Crippen LogP contribution in [0.5, 0.6) is 0 Å². The fourth-order valence-corrected chi connectivity index (χ4v) is 0.990. The average Bonchev–Trinajstić information content (AvgIpc) is 2.12. The Morgan fingerprint density at radius 3 is 2.54 bits per heavy atom. The van der Waals surface area contributed by atoms with E-state index in [-0.39, 0.29) is 12.4 Å². The van der Waals surface area contributed by atoms with Crippen LogP contribution in [0.15, 0.2) is 0 Å². The van der Waals surface area contributed by atoms with Gasteiger partial charge in [0.05, 0.1) is 19.3 Å². The second kappa shape index (κ2) is 8.48. The van der Waals surface area contributed by atoms with Crippen molar-refractivity contribution in [2.75, 3.05) is 20.3 Å². The van der Waals surface area contributed by atoms with Crippen molar-refractivity contribution >= 4 is 0 Å². The molecule has 0 N–H and O–H groups in total. The molecule has 0 aromatic rings. The first kappa shape index (κ1) is 12.9. The van der Waals surface area contributed by atoms with Crippen LogP contribution in [0, 0.1) is 6.42 Å². The van der Waals surface area contributed by atoms with Gasteiger partial charge in [0.2, 0.25) is 0 Å². The molecule has 0 amide bonds. The van der Waals surface area contributed by atoms with Crippen molar-refractivity contribution in [1.29, 1.82) is 0 Å². The van der Waals surface area contributed by atoms with Crippen LogP contribution in [0.3, 0.4) is 0 Å². The first-order chi connectivity index (χ1) is 6.24. The SMILES string of the molecule is C[CH]COC(CC)OC(C)COC. The minimum absolute atomic E-state index is 0.0896. The second-order valence-electron chi connectivity index (χ2n) is 2.98. The quantitative estimate of drug-likeness (QED) is 0.547. The summed E-state index contributed by atoms with van der Waals surface area (Å²) >= 11 is 0. The van der Waals surface area contributed by atoms with E-state index < -0.39 is 0 Å². The largest absolute Gasteiger partial charge is 0.382 e. The summed E-state index contributed by atoms with van der Waals surface area (Å²) < 4.78 is 16.0. The first-order valence-electron chi connectivity index (χ1n) is 4.78. The molecule has 2 unspecified atom stereocenters. The smallest absolute Gasteiger partial charge is 0.157 e. The number of rotatable bonds is 8. The van der Waals surface area contributed by atoms with Crippen molar-refractivity contribution in [2.24, 2.45) is 0 Å². The lowest BCUT2D eigenvalue weighted by molar-refractivity contribution is -0.172. The van der Waals surface area contributed by atoms with Crippen LogP contribution < -0.4 is 0 Å². The zero-order valence-electron chi connectivity index (χ0n) is 9.08. The minimum atomic E-state index is -0.110. The van der Waals surface area contributed by atoms with Crippen LogP contribution in [0.4, 0.5) is 0 Å². The van der Waals surface area contributed by atoms with E-state index in [1.54, 1.807) is 7.11 Å². The summed E-state index contributed by atoms with van der Waals surface area (Å²) in [4.78, 5) is 0. The summed E-state index contributed by atoms with van der Waals surface area (Å²) in [6.45, 7) is 7.23. The van der Waals surface area contributed by atoms with Crippen LogP contribution in [-0.2, 0) is 14.2 Å². The molecule has 2 atom stereocenters. The van der Waals surface area contributed by atoms with Crippen molar-refractivity contribution in [3.63, 3.8) is 0 Å². The molecule has 13 heavy (non-hydrogen) atoms. The lowest BCUT2D eigenvalue weighted by Crippen LogP contribution is -2.25. The lowest BCUT2D eigenvalue weighted by Gasteiger charge is -2.20. The van der Waals surface area contributed by atoms with E-state index in [1.165, 1.54) is 0 Å². The second-order valence-corrected chi connectivity index (χ2v) is 2.98. The predicted octanol–water partition coefficient (Wildman–Crippen LogP) is 2.01. The zero-order chi connectivity index (χ0) is 10.1. The molecule has 0 aliphatic carbocycles. The van der Waals surface area contributed by atoms with Gasteiger partial charge in [-0.2, -0.15) is 0 Å². The van der Waals surface area contributed by atoms with E-state index in [9.17, 15) is 0 Å². The van der Waals surface area contributed by atoms with Crippen molar-refractivity contribution in [3.8, 4) is 0 Å². The molecule has 0 spiro atoms. The Morgan fingerprint density at radius 2 is 2.08 bits per heavy atom. The van der Waals surface area contributed by atoms with Gasteiger partial charge in [-0.25, -0.2) is 0 Å². The minimum Gasteiger partial charge on any atom is -0.382 e. The molecule has 79 valence electrons. The first-order valence-corrected chi connectivity index (χ1v) is 4.78. The fourth-order valence-electron chi connectivity index (χ4n) is 0.990. The van der Waals surface area contributed by atoms with Crippen LogP contribution >= 0.6 is 0 Å². The summed E-state index contributed by atoms with van der Waals surface area (Å²) in [6.07, 6.45) is 2.81. The van der Waals surface area contributed by atoms with E-state index in [0.29, 0.717) is 13.2 Å². The fraction of sp³-hybridized carbons (Fsp3) is 0.900. The van der Waals surface area contributed by atoms with Gasteiger partial charge in [0, 0.05) is 7.11 Å². The molecular formula is C10H21O3. The van der Waals surface area contributed by atoms with E-state index >= 15 is 0 Å².